The van der Waals surface area contributed by atoms with Crippen molar-refractivity contribution in [1.82, 2.24) is 9.78 Å². The molecule has 1 aliphatic rings. The quantitative estimate of drug-likeness (QED) is 0.597. The van der Waals surface area contributed by atoms with Gasteiger partial charge in [0.05, 0.1) is 14.6 Å². The van der Waals surface area contributed by atoms with E-state index in [-0.39, 0.29) is 0 Å². The van der Waals surface area contributed by atoms with Crippen LogP contribution < -0.4 is 0 Å². The van der Waals surface area contributed by atoms with Gasteiger partial charge in [-0.2, -0.15) is 5.10 Å². The highest BCUT2D eigenvalue weighted by atomic mass is 16.5. The zero-order valence-electron chi connectivity index (χ0n) is 6.66. The number of ether oxygens (including phenoxy) is 1. The Morgan fingerprint density at radius 2 is 2.70 bits per heavy atom. The van der Waals surface area contributed by atoms with Gasteiger partial charge in [-0.3, -0.25) is 4.68 Å². The number of hydrogen-bond donors (Lipinski definition) is 0. The normalized spacial score (nSPS) is 20.2. The van der Waals surface area contributed by atoms with Crippen LogP contribution in [-0.2, 0) is 11.3 Å². The molecule has 0 aliphatic carbocycles. The lowest BCUT2D eigenvalue weighted by Crippen LogP contribution is -2.31. The standard InChI is InChI=1S/C7H10N2O/c1-2-8-9(3-1)4-7-5-10-6-7/h1-3,7H,4-6H2/i3D. The minimum atomic E-state index is 0.483. The maximum atomic E-state index is 7.40. The molecule has 2 heterocycles. The van der Waals surface area contributed by atoms with Gasteiger partial charge in [-0.15, -0.1) is 0 Å². The third-order valence-corrected chi connectivity index (χ3v) is 1.64. The Balaban J connectivity index is 1.99. The van der Waals surface area contributed by atoms with E-state index in [2.05, 4.69) is 5.10 Å². The van der Waals surface area contributed by atoms with Crippen molar-refractivity contribution >= 4 is 0 Å². The molecule has 1 aromatic rings. The van der Waals surface area contributed by atoms with Crippen molar-refractivity contribution in [2.45, 2.75) is 6.54 Å². The molecule has 0 N–H and O–H groups in total. The van der Waals surface area contributed by atoms with Gasteiger partial charge in [0.15, 0.2) is 0 Å². The first-order valence-corrected chi connectivity index (χ1v) is 3.42. The molecule has 1 aromatic heterocycles. The smallest absolute Gasteiger partial charge is 0.0836 e. The largest absolute Gasteiger partial charge is 0.381 e. The first-order valence-electron chi connectivity index (χ1n) is 3.92. The van der Waals surface area contributed by atoms with Crippen LogP contribution in [0.25, 0.3) is 0 Å². The molecule has 0 amide bonds. The van der Waals surface area contributed by atoms with Crippen molar-refractivity contribution in [3.63, 3.8) is 0 Å². The Morgan fingerprint density at radius 1 is 1.80 bits per heavy atom. The lowest BCUT2D eigenvalue weighted by Gasteiger charge is -2.25. The molecule has 0 spiro atoms. The molecule has 0 unspecified atom stereocenters. The Bertz CT molecular complexity index is 244. The fraction of sp³-hybridized carbons (Fsp3) is 0.571. The predicted molar refractivity (Wildman–Crippen MR) is 36.5 cm³/mol. The van der Waals surface area contributed by atoms with Crippen LogP contribution in [0.1, 0.15) is 1.37 Å². The van der Waals surface area contributed by atoms with Crippen LogP contribution in [0.2, 0.25) is 0 Å². The van der Waals surface area contributed by atoms with Gasteiger partial charge in [-0.25, -0.2) is 0 Å². The molecule has 0 radical (unpaired) electrons. The lowest BCUT2D eigenvalue weighted by atomic mass is 10.1. The van der Waals surface area contributed by atoms with Gasteiger partial charge in [0.25, 0.3) is 0 Å². The Labute approximate surface area is 61.0 Å². The summed E-state index contributed by atoms with van der Waals surface area (Å²) in [7, 11) is 0. The second-order valence-electron chi connectivity index (χ2n) is 2.55. The van der Waals surface area contributed by atoms with E-state index >= 15 is 0 Å². The highest BCUT2D eigenvalue weighted by Crippen LogP contribution is 2.11. The third kappa shape index (κ3) is 1.04. The molecule has 10 heavy (non-hydrogen) atoms. The maximum absolute atomic E-state index is 7.40. The van der Waals surface area contributed by atoms with E-state index in [1.165, 1.54) is 0 Å². The minimum absolute atomic E-state index is 0.483. The summed E-state index contributed by atoms with van der Waals surface area (Å²) < 4.78 is 14.1. The van der Waals surface area contributed by atoms with E-state index in [9.17, 15) is 0 Å². The molecule has 1 saturated heterocycles. The Kier molecular flexibility index (Phi) is 1.19. The summed E-state index contributed by atoms with van der Waals surface area (Å²) in [4.78, 5) is 0. The van der Waals surface area contributed by atoms with Gasteiger partial charge < -0.3 is 4.74 Å². The van der Waals surface area contributed by atoms with E-state index in [1.807, 2.05) is 0 Å². The predicted octanol–water partition coefficient (Wildman–Crippen LogP) is 0.529. The maximum Gasteiger partial charge on any atom is 0.0836 e. The zero-order chi connectivity index (χ0) is 7.68. The summed E-state index contributed by atoms with van der Waals surface area (Å²) in [5.74, 6) is 0.569. The minimum Gasteiger partial charge on any atom is -0.381 e. The van der Waals surface area contributed by atoms with Crippen molar-refractivity contribution in [3.8, 4) is 0 Å². The first kappa shape index (κ1) is 4.91. The monoisotopic (exact) mass is 139 g/mol. The van der Waals surface area contributed by atoms with Gasteiger partial charge in [-0.1, -0.05) is 0 Å². The van der Waals surface area contributed by atoms with Crippen LogP contribution in [0.3, 0.4) is 0 Å². The zero-order valence-corrected chi connectivity index (χ0v) is 5.66. The van der Waals surface area contributed by atoms with E-state index in [0.29, 0.717) is 12.1 Å². The molecule has 2 rings (SSSR count). The number of rotatable bonds is 2. The molecular weight excluding hydrogens is 128 g/mol. The molecule has 1 fully saturated rings. The van der Waals surface area contributed by atoms with Gasteiger partial charge in [0, 0.05) is 24.8 Å². The second kappa shape index (κ2) is 2.42. The summed E-state index contributed by atoms with van der Waals surface area (Å²) in [6, 6.07) is 1.69. The molecule has 1 aliphatic heterocycles. The van der Waals surface area contributed by atoms with Crippen LogP contribution in [0, 0.1) is 5.92 Å². The summed E-state index contributed by atoms with van der Waals surface area (Å²) in [5, 5.41) is 4.01. The van der Waals surface area contributed by atoms with Crippen molar-refractivity contribution in [2.24, 2.45) is 5.92 Å². The van der Waals surface area contributed by atoms with Crippen molar-refractivity contribution in [3.05, 3.63) is 18.4 Å². The molecule has 0 saturated carbocycles. The third-order valence-electron chi connectivity index (χ3n) is 1.64. The summed E-state index contributed by atoms with van der Waals surface area (Å²) >= 11 is 0. The molecular formula is C7H10N2O. The van der Waals surface area contributed by atoms with E-state index in [4.69, 9.17) is 6.11 Å². The molecule has 3 heteroatoms. The second-order valence-corrected chi connectivity index (χ2v) is 2.55. The van der Waals surface area contributed by atoms with Crippen LogP contribution in [0.15, 0.2) is 18.4 Å². The SMILES string of the molecule is [2H]c1ccnn1CC1COC1. The topological polar surface area (TPSA) is 27.1 Å². The Hall–Kier alpha value is -0.830. The van der Waals surface area contributed by atoms with E-state index in [1.54, 1.807) is 16.9 Å². The average Bonchev–Trinajstić information content (AvgIpc) is 2.27. The fourth-order valence-electron chi connectivity index (χ4n) is 1.00. The van der Waals surface area contributed by atoms with Crippen LogP contribution in [0.4, 0.5) is 0 Å². The number of nitrogens with zero attached hydrogens (tertiary/aromatic N) is 2. The number of hydrogen-bond acceptors (Lipinski definition) is 2. The molecule has 0 atom stereocenters. The average molecular weight is 139 g/mol. The van der Waals surface area contributed by atoms with Crippen LogP contribution in [-0.4, -0.2) is 23.0 Å². The molecule has 54 valence electrons. The van der Waals surface area contributed by atoms with E-state index < -0.39 is 0 Å². The molecule has 3 nitrogen and oxygen atoms in total. The summed E-state index contributed by atoms with van der Waals surface area (Å²) in [5.41, 5.74) is 0. The fourth-order valence-corrected chi connectivity index (χ4v) is 1.00. The number of aromatic nitrogens is 2. The summed E-state index contributed by atoms with van der Waals surface area (Å²) in [6.07, 6.45) is 2.14. The summed E-state index contributed by atoms with van der Waals surface area (Å²) in [6.45, 7) is 2.46. The van der Waals surface area contributed by atoms with Gasteiger partial charge in [0.1, 0.15) is 0 Å². The van der Waals surface area contributed by atoms with Gasteiger partial charge >= 0.3 is 0 Å². The Morgan fingerprint density at radius 3 is 3.20 bits per heavy atom. The van der Waals surface area contributed by atoms with Gasteiger partial charge in [0.2, 0.25) is 0 Å². The molecule has 0 bridgehead atoms. The van der Waals surface area contributed by atoms with Crippen LogP contribution in [0.5, 0.6) is 0 Å². The lowest BCUT2D eigenvalue weighted by molar-refractivity contribution is -0.0408. The van der Waals surface area contributed by atoms with Crippen LogP contribution >= 0.6 is 0 Å². The first-order chi connectivity index (χ1) is 5.36. The van der Waals surface area contributed by atoms with Crippen molar-refractivity contribution < 1.29 is 6.11 Å². The van der Waals surface area contributed by atoms with Gasteiger partial charge in [-0.05, 0) is 6.07 Å². The highest BCUT2D eigenvalue weighted by Gasteiger charge is 2.18. The molecule has 0 aromatic carbocycles. The van der Waals surface area contributed by atoms with Crippen molar-refractivity contribution in [1.29, 1.82) is 0 Å². The van der Waals surface area contributed by atoms with E-state index in [0.717, 1.165) is 19.8 Å². The highest BCUT2D eigenvalue weighted by molar-refractivity contribution is 4.79. The van der Waals surface area contributed by atoms with Crippen molar-refractivity contribution in [2.75, 3.05) is 13.2 Å².